The van der Waals surface area contributed by atoms with Crippen LogP contribution in [-0.4, -0.2) is 89.0 Å². The molecule has 0 saturated carbocycles. The van der Waals surface area contributed by atoms with Crippen LogP contribution in [0, 0.1) is 0 Å². The van der Waals surface area contributed by atoms with Gasteiger partial charge in [-0.3, -0.25) is 14.6 Å². The number of amides is 1. The molecule has 1 aliphatic heterocycles. The molecule has 6 rings (SSSR count). The SMILES string of the molecule is O=C(CN1CCN(C[C@@H](O)COc2ccc3oc(-c4ccccc4)nc3c2)CC1)N[C@H]1c2ccccc2C[C@@H]1O. The Morgan fingerprint density at radius 3 is 2.60 bits per heavy atom. The summed E-state index contributed by atoms with van der Waals surface area (Å²) in [7, 11) is 0. The minimum absolute atomic E-state index is 0.0809. The molecule has 1 saturated heterocycles. The van der Waals surface area contributed by atoms with Crippen LogP contribution in [0.3, 0.4) is 0 Å². The molecule has 0 radical (unpaired) electrons. The number of fused-ring (bicyclic) bond motifs is 2. The van der Waals surface area contributed by atoms with E-state index in [-0.39, 0.29) is 18.6 Å². The zero-order chi connectivity index (χ0) is 27.5. The van der Waals surface area contributed by atoms with Crippen molar-refractivity contribution in [3.8, 4) is 17.2 Å². The van der Waals surface area contributed by atoms with Crippen molar-refractivity contribution in [3.05, 3.63) is 83.9 Å². The van der Waals surface area contributed by atoms with Crippen LogP contribution in [0.2, 0.25) is 0 Å². The molecular weight excluding hydrogens is 508 g/mol. The molecule has 0 bridgehead atoms. The highest BCUT2D eigenvalue weighted by Crippen LogP contribution is 2.31. The number of benzene rings is 3. The Bertz CT molecular complexity index is 1450. The van der Waals surface area contributed by atoms with Gasteiger partial charge in [0, 0.05) is 50.8 Å². The summed E-state index contributed by atoms with van der Waals surface area (Å²) >= 11 is 0. The Morgan fingerprint density at radius 1 is 1.02 bits per heavy atom. The molecule has 0 spiro atoms. The number of piperazine rings is 1. The van der Waals surface area contributed by atoms with E-state index in [1.54, 1.807) is 0 Å². The molecule has 1 aromatic heterocycles. The summed E-state index contributed by atoms with van der Waals surface area (Å²) in [5, 5.41) is 24.0. The topological polar surface area (TPSA) is 111 Å². The second-order valence-electron chi connectivity index (χ2n) is 10.6. The molecule has 1 fully saturated rings. The maximum atomic E-state index is 12.7. The number of aromatic nitrogens is 1. The van der Waals surface area contributed by atoms with Crippen LogP contribution < -0.4 is 10.1 Å². The average Bonchev–Trinajstić information content (AvgIpc) is 3.54. The molecule has 40 heavy (non-hydrogen) atoms. The highest BCUT2D eigenvalue weighted by Gasteiger charge is 2.32. The molecular formula is C31H34N4O5. The predicted molar refractivity (Wildman–Crippen MR) is 151 cm³/mol. The second kappa shape index (κ2) is 11.8. The van der Waals surface area contributed by atoms with Crippen LogP contribution in [0.1, 0.15) is 17.2 Å². The number of hydrogen-bond acceptors (Lipinski definition) is 8. The van der Waals surface area contributed by atoms with Crippen LogP contribution in [0.5, 0.6) is 5.75 Å². The van der Waals surface area contributed by atoms with Crippen LogP contribution >= 0.6 is 0 Å². The maximum Gasteiger partial charge on any atom is 0.234 e. The Morgan fingerprint density at radius 2 is 1.77 bits per heavy atom. The summed E-state index contributed by atoms with van der Waals surface area (Å²) in [6.45, 7) is 3.94. The number of oxazole rings is 1. The van der Waals surface area contributed by atoms with Crippen molar-refractivity contribution in [1.29, 1.82) is 0 Å². The first-order valence-corrected chi connectivity index (χ1v) is 13.8. The van der Waals surface area contributed by atoms with Gasteiger partial charge in [0.1, 0.15) is 24.0 Å². The molecule has 9 nitrogen and oxygen atoms in total. The van der Waals surface area contributed by atoms with Crippen molar-refractivity contribution in [1.82, 2.24) is 20.1 Å². The predicted octanol–water partition coefficient (Wildman–Crippen LogP) is 2.63. The molecule has 208 valence electrons. The lowest BCUT2D eigenvalue weighted by Crippen LogP contribution is -2.51. The van der Waals surface area contributed by atoms with Gasteiger partial charge in [-0.1, -0.05) is 42.5 Å². The molecule has 3 atom stereocenters. The zero-order valence-electron chi connectivity index (χ0n) is 22.3. The number of carbonyl (C=O) groups is 1. The first-order chi connectivity index (χ1) is 19.5. The number of nitrogens with one attached hydrogen (secondary N) is 1. The fourth-order valence-electron chi connectivity index (χ4n) is 5.54. The van der Waals surface area contributed by atoms with Gasteiger partial charge in [-0.25, -0.2) is 4.98 Å². The second-order valence-corrected chi connectivity index (χ2v) is 10.6. The number of aliphatic hydroxyl groups excluding tert-OH is 2. The maximum absolute atomic E-state index is 12.7. The number of aliphatic hydroxyl groups is 2. The zero-order valence-corrected chi connectivity index (χ0v) is 22.3. The minimum atomic E-state index is -0.647. The molecule has 3 aromatic carbocycles. The summed E-state index contributed by atoms with van der Waals surface area (Å²) in [6.07, 6.45) is -0.672. The smallest absolute Gasteiger partial charge is 0.234 e. The van der Waals surface area contributed by atoms with Crippen molar-refractivity contribution in [2.75, 3.05) is 45.9 Å². The third-order valence-electron chi connectivity index (χ3n) is 7.64. The third kappa shape index (κ3) is 6.03. The van der Waals surface area contributed by atoms with Crippen LogP contribution in [0.15, 0.2) is 77.2 Å². The van der Waals surface area contributed by atoms with Crippen molar-refractivity contribution in [2.45, 2.75) is 24.7 Å². The van der Waals surface area contributed by atoms with E-state index in [1.165, 1.54) is 0 Å². The van der Waals surface area contributed by atoms with Crippen molar-refractivity contribution >= 4 is 17.0 Å². The summed E-state index contributed by atoms with van der Waals surface area (Å²) in [5.41, 5.74) is 4.39. The fourth-order valence-corrected chi connectivity index (χ4v) is 5.54. The minimum Gasteiger partial charge on any atom is -0.491 e. The number of carbonyl (C=O) groups excluding carboxylic acids is 1. The number of β-amino-alcohol motifs (C(OH)–C–C–N with tert-alkyl or cyclic N) is 1. The summed E-state index contributed by atoms with van der Waals surface area (Å²) in [6, 6.07) is 22.7. The van der Waals surface area contributed by atoms with Crippen molar-refractivity contribution in [2.24, 2.45) is 0 Å². The molecule has 2 heterocycles. The lowest BCUT2D eigenvalue weighted by atomic mass is 10.1. The van der Waals surface area contributed by atoms with E-state index in [4.69, 9.17) is 9.15 Å². The van der Waals surface area contributed by atoms with E-state index in [9.17, 15) is 15.0 Å². The molecule has 4 aromatic rings. The van der Waals surface area contributed by atoms with Crippen molar-refractivity contribution < 1.29 is 24.2 Å². The Balaban J connectivity index is 0.935. The molecule has 3 N–H and O–H groups in total. The molecule has 9 heteroatoms. The van der Waals surface area contributed by atoms with E-state index >= 15 is 0 Å². The molecule has 2 aliphatic rings. The van der Waals surface area contributed by atoms with Gasteiger partial charge in [0.25, 0.3) is 0 Å². The van der Waals surface area contributed by atoms with Gasteiger partial charge in [-0.05, 0) is 35.4 Å². The number of rotatable bonds is 9. The standard InChI is InChI=1S/C31H34N4O5/c36-23(20-39-24-10-11-28-26(17-24)32-31(40-28)21-6-2-1-3-7-21)18-34-12-14-35(15-13-34)19-29(38)33-30-25-9-5-4-8-22(25)16-27(30)37/h1-11,17,23,27,30,36-37H,12-16,18-20H2,(H,33,38)/t23-,27+,30+/m1/s1. The van der Waals surface area contributed by atoms with Gasteiger partial charge in [0.2, 0.25) is 11.8 Å². The summed E-state index contributed by atoms with van der Waals surface area (Å²) in [5.74, 6) is 1.11. The van der Waals surface area contributed by atoms with E-state index in [0.29, 0.717) is 42.3 Å². The lowest BCUT2D eigenvalue weighted by Gasteiger charge is -2.35. The fraction of sp³-hybridized carbons (Fsp3) is 0.355. The number of hydrogen-bond donors (Lipinski definition) is 3. The van der Waals surface area contributed by atoms with E-state index in [1.807, 2.05) is 72.8 Å². The van der Waals surface area contributed by atoms with Gasteiger partial charge in [0.05, 0.1) is 18.7 Å². The quantitative estimate of drug-likeness (QED) is 0.296. The first kappa shape index (κ1) is 26.5. The van der Waals surface area contributed by atoms with E-state index in [2.05, 4.69) is 20.1 Å². The third-order valence-corrected chi connectivity index (χ3v) is 7.64. The van der Waals surface area contributed by atoms with Gasteiger partial charge in [-0.15, -0.1) is 0 Å². The van der Waals surface area contributed by atoms with Crippen LogP contribution in [0.4, 0.5) is 0 Å². The Hall–Kier alpha value is -3.76. The summed E-state index contributed by atoms with van der Waals surface area (Å²) in [4.78, 5) is 21.6. The van der Waals surface area contributed by atoms with Gasteiger partial charge < -0.3 is 24.7 Å². The van der Waals surface area contributed by atoms with Crippen LogP contribution in [-0.2, 0) is 11.2 Å². The number of ether oxygens (including phenoxy) is 1. The van der Waals surface area contributed by atoms with Gasteiger partial charge in [-0.2, -0.15) is 0 Å². The first-order valence-electron chi connectivity index (χ1n) is 13.8. The largest absolute Gasteiger partial charge is 0.491 e. The lowest BCUT2D eigenvalue weighted by molar-refractivity contribution is -0.124. The summed E-state index contributed by atoms with van der Waals surface area (Å²) < 4.78 is 11.7. The Kier molecular flexibility index (Phi) is 7.79. The molecule has 1 aliphatic carbocycles. The van der Waals surface area contributed by atoms with Gasteiger partial charge >= 0.3 is 0 Å². The highest BCUT2D eigenvalue weighted by atomic mass is 16.5. The number of nitrogens with zero attached hydrogens (tertiary/aromatic N) is 3. The average molecular weight is 543 g/mol. The van der Waals surface area contributed by atoms with E-state index < -0.39 is 12.2 Å². The van der Waals surface area contributed by atoms with Gasteiger partial charge in [0.15, 0.2) is 5.58 Å². The van der Waals surface area contributed by atoms with E-state index in [0.717, 1.165) is 42.9 Å². The van der Waals surface area contributed by atoms with Crippen LogP contribution in [0.25, 0.3) is 22.6 Å². The highest BCUT2D eigenvalue weighted by molar-refractivity contribution is 5.79. The van der Waals surface area contributed by atoms with Crippen molar-refractivity contribution in [3.63, 3.8) is 0 Å². The monoisotopic (exact) mass is 542 g/mol. The molecule has 1 amide bonds. The molecule has 0 unspecified atom stereocenters. The normalized spacial score (nSPS) is 20.4. The Labute approximate surface area is 233 Å².